The van der Waals surface area contributed by atoms with Crippen LogP contribution in [0, 0.1) is 6.92 Å². The normalized spacial score (nSPS) is 12.2. The average Bonchev–Trinajstić information content (AvgIpc) is 3.32. The van der Waals surface area contributed by atoms with Gasteiger partial charge in [-0.05, 0) is 24.6 Å². The molecular weight excluding hydrogens is 438 g/mol. The lowest BCUT2D eigenvalue weighted by Crippen LogP contribution is -2.43. The van der Waals surface area contributed by atoms with Gasteiger partial charge >= 0.3 is 5.69 Å². The van der Waals surface area contributed by atoms with Crippen molar-refractivity contribution in [2.75, 3.05) is 6.79 Å². The minimum absolute atomic E-state index is 0.154. The van der Waals surface area contributed by atoms with Crippen molar-refractivity contribution in [3.8, 4) is 22.9 Å². The molecule has 1 N–H and O–H groups in total. The highest BCUT2D eigenvalue weighted by molar-refractivity contribution is 5.78. The molecule has 0 bridgehead atoms. The molecule has 34 heavy (non-hydrogen) atoms. The van der Waals surface area contributed by atoms with Crippen LogP contribution in [-0.4, -0.2) is 31.8 Å². The zero-order valence-electron chi connectivity index (χ0n) is 18.6. The van der Waals surface area contributed by atoms with Crippen LogP contribution in [0.25, 0.3) is 22.4 Å². The molecule has 2 aromatic heterocycles. The number of ether oxygens (including phenoxy) is 2. The Kier molecular flexibility index (Phi) is 5.33. The third-order valence-corrected chi connectivity index (χ3v) is 5.62. The van der Waals surface area contributed by atoms with Gasteiger partial charge in [-0.3, -0.25) is 18.7 Å². The van der Waals surface area contributed by atoms with Crippen LogP contribution >= 0.6 is 0 Å². The Morgan fingerprint density at radius 2 is 1.85 bits per heavy atom. The second-order valence-electron chi connectivity index (χ2n) is 7.99. The molecule has 0 unspecified atom stereocenters. The van der Waals surface area contributed by atoms with Crippen molar-refractivity contribution in [3.05, 3.63) is 80.6 Å². The van der Waals surface area contributed by atoms with Crippen molar-refractivity contribution < 1.29 is 14.3 Å². The number of nitrogens with zero attached hydrogens (tertiary/aromatic N) is 4. The number of amides is 1. The smallest absolute Gasteiger partial charge is 0.332 e. The molecule has 1 amide bonds. The van der Waals surface area contributed by atoms with E-state index in [4.69, 9.17) is 9.47 Å². The van der Waals surface area contributed by atoms with Gasteiger partial charge in [0.25, 0.3) is 5.56 Å². The molecule has 0 saturated heterocycles. The molecule has 0 radical (unpaired) electrons. The van der Waals surface area contributed by atoms with Crippen molar-refractivity contribution in [2.45, 2.75) is 20.0 Å². The molecule has 4 aromatic rings. The van der Waals surface area contributed by atoms with Crippen LogP contribution in [0.1, 0.15) is 11.1 Å². The van der Waals surface area contributed by atoms with Crippen LogP contribution < -0.4 is 26.0 Å². The van der Waals surface area contributed by atoms with Crippen molar-refractivity contribution in [1.82, 2.24) is 24.4 Å². The lowest BCUT2D eigenvalue weighted by molar-refractivity contribution is -0.121. The first-order valence-corrected chi connectivity index (χ1v) is 10.6. The molecule has 1 aliphatic rings. The molecule has 0 spiro atoms. The predicted octanol–water partition coefficient (Wildman–Crippen LogP) is 1.51. The summed E-state index contributed by atoms with van der Waals surface area (Å²) in [6.07, 6.45) is 1.39. The van der Waals surface area contributed by atoms with Gasteiger partial charge in [-0.15, -0.1) is 0 Å². The van der Waals surface area contributed by atoms with E-state index in [1.807, 2.05) is 31.2 Å². The Bertz CT molecular complexity index is 1540. The van der Waals surface area contributed by atoms with Gasteiger partial charge in [-0.2, -0.15) is 0 Å². The summed E-state index contributed by atoms with van der Waals surface area (Å²) < 4.78 is 12.7. The van der Waals surface area contributed by atoms with Gasteiger partial charge in [0.15, 0.2) is 23.0 Å². The number of aryl methyl sites for hydroxylation is 2. The minimum atomic E-state index is -0.635. The van der Waals surface area contributed by atoms with Crippen LogP contribution in [0.15, 0.2) is 58.3 Å². The first-order valence-electron chi connectivity index (χ1n) is 10.6. The largest absolute Gasteiger partial charge is 0.454 e. The van der Waals surface area contributed by atoms with E-state index < -0.39 is 23.7 Å². The van der Waals surface area contributed by atoms with E-state index in [2.05, 4.69) is 15.3 Å². The highest BCUT2D eigenvalue weighted by atomic mass is 16.7. The van der Waals surface area contributed by atoms with Gasteiger partial charge in [-0.25, -0.2) is 14.8 Å². The highest BCUT2D eigenvalue weighted by Gasteiger charge is 2.17. The predicted molar refractivity (Wildman–Crippen MR) is 124 cm³/mol. The Hall–Kier alpha value is -4.47. The molecule has 0 aliphatic carbocycles. The highest BCUT2D eigenvalue weighted by Crippen LogP contribution is 2.32. The number of hydrogen-bond donors (Lipinski definition) is 1. The maximum absolute atomic E-state index is 13.0. The third-order valence-electron chi connectivity index (χ3n) is 5.62. The monoisotopic (exact) mass is 459 g/mol. The van der Waals surface area contributed by atoms with Gasteiger partial charge in [-0.1, -0.05) is 35.9 Å². The summed E-state index contributed by atoms with van der Waals surface area (Å²) in [7, 11) is 1.51. The molecule has 3 heterocycles. The number of carbonyl (C=O) groups excluding carboxylic acids is 1. The van der Waals surface area contributed by atoms with E-state index in [1.165, 1.54) is 17.8 Å². The quantitative estimate of drug-likeness (QED) is 0.481. The summed E-state index contributed by atoms with van der Waals surface area (Å²) in [6.45, 7) is 1.92. The summed E-state index contributed by atoms with van der Waals surface area (Å²) in [5.74, 6) is 1.18. The van der Waals surface area contributed by atoms with Crippen molar-refractivity contribution in [1.29, 1.82) is 0 Å². The molecule has 1 aliphatic heterocycles. The summed E-state index contributed by atoms with van der Waals surface area (Å²) in [5, 5.41) is 2.88. The number of carbonyl (C=O) groups is 1. The molecule has 0 atom stereocenters. The van der Waals surface area contributed by atoms with E-state index in [-0.39, 0.29) is 24.4 Å². The number of fused-ring (bicyclic) bond motifs is 2. The lowest BCUT2D eigenvalue weighted by atomic mass is 10.1. The minimum Gasteiger partial charge on any atom is -0.454 e. The Morgan fingerprint density at radius 1 is 1.09 bits per heavy atom. The summed E-state index contributed by atoms with van der Waals surface area (Å²) >= 11 is 0. The maximum atomic E-state index is 13.0. The number of nitrogens with one attached hydrogen (secondary N) is 1. The maximum Gasteiger partial charge on any atom is 0.332 e. The standard InChI is InChI=1S/C24H21N5O5/c1-14-3-6-16(7-4-14)21-26-11-17-22(27-21)28(2)24(32)29(23(17)31)12-20(30)25-10-15-5-8-18-19(9-15)34-13-33-18/h3-9,11H,10,12-13H2,1-2H3,(H,25,30). The van der Waals surface area contributed by atoms with Crippen molar-refractivity contribution in [3.63, 3.8) is 0 Å². The summed E-state index contributed by atoms with van der Waals surface area (Å²) in [5.41, 5.74) is 1.62. The zero-order chi connectivity index (χ0) is 23.8. The van der Waals surface area contributed by atoms with E-state index >= 15 is 0 Å². The molecule has 2 aromatic carbocycles. The van der Waals surface area contributed by atoms with Gasteiger partial charge in [0, 0.05) is 25.4 Å². The van der Waals surface area contributed by atoms with Crippen LogP contribution in [-0.2, 0) is 24.9 Å². The molecule has 0 fully saturated rings. The van der Waals surface area contributed by atoms with Crippen LogP contribution in [0.2, 0.25) is 0 Å². The third kappa shape index (κ3) is 3.90. The van der Waals surface area contributed by atoms with E-state index in [0.29, 0.717) is 17.3 Å². The number of hydrogen-bond acceptors (Lipinski definition) is 7. The molecule has 172 valence electrons. The number of rotatable bonds is 5. The lowest BCUT2D eigenvalue weighted by Gasteiger charge is -2.11. The van der Waals surface area contributed by atoms with E-state index in [0.717, 1.165) is 21.3 Å². The van der Waals surface area contributed by atoms with Gasteiger partial charge in [0.1, 0.15) is 11.9 Å². The number of aromatic nitrogens is 4. The average molecular weight is 459 g/mol. The van der Waals surface area contributed by atoms with Crippen LogP contribution in [0.3, 0.4) is 0 Å². The molecule has 0 saturated carbocycles. The Balaban J connectivity index is 1.39. The fourth-order valence-electron chi connectivity index (χ4n) is 3.72. The van der Waals surface area contributed by atoms with E-state index in [9.17, 15) is 14.4 Å². The van der Waals surface area contributed by atoms with Gasteiger partial charge < -0.3 is 14.8 Å². The van der Waals surface area contributed by atoms with Crippen LogP contribution in [0.4, 0.5) is 0 Å². The Labute approximate surface area is 193 Å². The zero-order valence-corrected chi connectivity index (χ0v) is 18.6. The summed E-state index contributed by atoms with van der Waals surface area (Å²) in [4.78, 5) is 47.1. The second kappa shape index (κ2) is 8.47. The van der Waals surface area contributed by atoms with E-state index in [1.54, 1.807) is 18.2 Å². The first kappa shape index (κ1) is 21.4. The fraction of sp³-hybridized carbons (Fsp3) is 0.208. The topological polar surface area (TPSA) is 117 Å². The van der Waals surface area contributed by atoms with Crippen molar-refractivity contribution >= 4 is 16.9 Å². The second-order valence-corrected chi connectivity index (χ2v) is 7.99. The molecule has 5 rings (SSSR count). The van der Waals surface area contributed by atoms with Gasteiger partial charge in [0.05, 0.1) is 0 Å². The fourth-order valence-corrected chi connectivity index (χ4v) is 3.72. The molecule has 10 nitrogen and oxygen atoms in total. The van der Waals surface area contributed by atoms with Gasteiger partial charge in [0.2, 0.25) is 12.7 Å². The van der Waals surface area contributed by atoms with Crippen molar-refractivity contribution in [2.24, 2.45) is 7.05 Å². The van der Waals surface area contributed by atoms with Crippen LogP contribution in [0.5, 0.6) is 11.5 Å². The first-order chi connectivity index (χ1) is 16.4. The Morgan fingerprint density at radius 3 is 2.65 bits per heavy atom. The summed E-state index contributed by atoms with van der Waals surface area (Å²) in [6, 6.07) is 13.0. The molecule has 10 heteroatoms. The molecular formula is C24H21N5O5. The SMILES string of the molecule is Cc1ccc(-c2ncc3c(=O)n(CC(=O)NCc4ccc5c(c4)OCO5)c(=O)n(C)c3n2)cc1. The number of benzene rings is 2.